The minimum Gasteiger partial charge on any atom is -0.493 e. The SMILES string of the molecule is COc1cc(F)c(Br)c(-c2cc(N)n[nH]2)c1OC. The molecule has 3 N–H and O–H groups in total. The van der Waals surface area contributed by atoms with Gasteiger partial charge in [-0.05, 0) is 15.9 Å². The van der Waals surface area contributed by atoms with E-state index in [0.29, 0.717) is 28.6 Å². The molecule has 1 aromatic heterocycles. The number of hydrogen-bond donors (Lipinski definition) is 2. The van der Waals surface area contributed by atoms with Crippen molar-refractivity contribution in [3.8, 4) is 22.8 Å². The van der Waals surface area contributed by atoms with Crippen LogP contribution in [-0.2, 0) is 0 Å². The molecular formula is C11H11BrFN3O2. The fourth-order valence-electron chi connectivity index (χ4n) is 1.65. The largest absolute Gasteiger partial charge is 0.493 e. The Morgan fingerprint density at radius 3 is 2.56 bits per heavy atom. The molecule has 0 saturated heterocycles. The van der Waals surface area contributed by atoms with Gasteiger partial charge in [-0.2, -0.15) is 5.10 Å². The second kappa shape index (κ2) is 4.85. The molecule has 0 amide bonds. The zero-order valence-corrected chi connectivity index (χ0v) is 11.3. The Morgan fingerprint density at radius 2 is 2.06 bits per heavy atom. The lowest BCUT2D eigenvalue weighted by Crippen LogP contribution is -1.97. The lowest BCUT2D eigenvalue weighted by molar-refractivity contribution is 0.353. The van der Waals surface area contributed by atoms with Crippen molar-refractivity contribution in [3.05, 3.63) is 22.4 Å². The van der Waals surface area contributed by atoms with Gasteiger partial charge >= 0.3 is 0 Å². The van der Waals surface area contributed by atoms with Gasteiger partial charge in [-0.3, -0.25) is 5.10 Å². The van der Waals surface area contributed by atoms with Crippen molar-refractivity contribution in [2.24, 2.45) is 0 Å². The fraction of sp³-hybridized carbons (Fsp3) is 0.182. The van der Waals surface area contributed by atoms with Crippen LogP contribution < -0.4 is 15.2 Å². The molecule has 0 spiro atoms. The van der Waals surface area contributed by atoms with Gasteiger partial charge in [0.05, 0.1) is 29.9 Å². The number of nitrogens with one attached hydrogen (secondary N) is 1. The summed E-state index contributed by atoms with van der Waals surface area (Å²) >= 11 is 3.18. The number of rotatable bonds is 3. The minimum atomic E-state index is -0.462. The fourth-order valence-corrected chi connectivity index (χ4v) is 2.15. The van der Waals surface area contributed by atoms with E-state index >= 15 is 0 Å². The van der Waals surface area contributed by atoms with E-state index in [1.807, 2.05) is 0 Å². The lowest BCUT2D eigenvalue weighted by Gasteiger charge is -2.14. The van der Waals surface area contributed by atoms with Crippen molar-refractivity contribution < 1.29 is 13.9 Å². The second-order valence-corrected chi connectivity index (χ2v) is 4.28. The number of anilines is 1. The van der Waals surface area contributed by atoms with Gasteiger partial charge in [-0.15, -0.1) is 0 Å². The molecule has 0 bridgehead atoms. The summed E-state index contributed by atoms with van der Waals surface area (Å²) in [7, 11) is 2.92. The van der Waals surface area contributed by atoms with E-state index in [2.05, 4.69) is 26.1 Å². The number of nitrogens with zero attached hydrogens (tertiary/aromatic N) is 1. The third-order valence-corrected chi connectivity index (χ3v) is 3.20. The molecule has 1 heterocycles. The van der Waals surface area contributed by atoms with Gasteiger partial charge in [0.25, 0.3) is 0 Å². The van der Waals surface area contributed by atoms with E-state index in [0.717, 1.165) is 0 Å². The number of aromatic amines is 1. The summed E-state index contributed by atoms with van der Waals surface area (Å²) in [6, 6.07) is 2.83. The van der Waals surface area contributed by atoms with Crippen LogP contribution in [0.15, 0.2) is 16.6 Å². The molecule has 96 valence electrons. The third kappa shape index (κ3) is 2.01. The van der Waals surface area contributed by atoms with E-state index in [4.69, 9.17) is 15.2 Å². The van der Waals surface area contributed by atoms with Crippen LogP contribution >= 0.6 is 15.9 Å². The molecule has 5 nitrogen and oxygen atoms in total. The maximum Gasteiger partial charge on any atom is 0.171 e. The van der Waals surface area contributed by atoms with Crippen LogP contribution in [0, 0.1) is 5.82 Å². The molecule has 0 aliphatic carbocycles. The highest BCUT2D eigenvalue weighted by atomic mass is 79.9. The number of benzene rings is 1. The van der Waals surface area contributed by atoms with Gasteiger partial charge in [0, 0.05) is 12.1 Å². The molecule has 0 fully saturated rings. The average molecular weight is 316 g/mol. The minimum absolute atomic E-state index is 0.254. The number of H-pyrrole nitrogens is 1. The highest BCUT2D eigenvalue weighted by Gasteiger charge is 2.21. The van der Waals surface area contributed by atoms with Crippen molar-refractivity contribution >= 4 is 21.7 Å². The Labute approximate surface area is 111 Å². The molecule has 0 saturated carbocycles. The average Bonchev–Trinajstić information content (AvgIpc) is 2.78. The van der Waals surface area contributed by atoms with Crippen LogP contribution in [0.4, 0.5) is 10.2 Å². The van der Waals surface area contributed by atoms with Gasteiger partial charge in [0.2, 0.25) is 0 Å². The topological polar surface area (TPSA) is 73.2 Å². The van der Waals surface area contributed by atoms with Gasteiger partial charge in [-0.1, -0.05) is 0 Å². The predicted octanol–water partition coefficient (Wildman–Crippen LogP) is 2.58. The number of nitrogen functional groups attached to an aromatic ring is 1. The summed E-state index contributed by atoms with van der Waals surface area (Å²) in [5, 5.41) is 6.52. The first kappa shape index (κ1) is 12.7. The first-order valence-corrected chi connectivity index (χ1v) is 5.79. The lowest BCUT2D eigenvalue weighted by atomic mass is 10.1. The van der Waals surface area contributed by atoms with Gasteiger partial charge in [0.1, 0.15) is 11.6 Å². The zero-order valence-electron chi connectivity index (χ0n) is 9.75. The van der Waals surface area contributed by atoms with Crippen molar-refractivity contribution in [1.29, 1.82) is 0 Å². The van der Waals surface area contributed by atoms with Crippen molar-refractivity contribution in [2.75, 3.05) is 20.0 Å². The van der Waals surface area contributed by atoms with Crippen molar-refractivity contribution in [3.63, 3.8) is 0 Å². The Bertz CT molecular complexity index is 586. The van der Waals surface area contributed by atoms with Crippen LogP contribution in [0.5, 0.6) is 11.5 Å². The van der Waals surface area contributed by atoms with Gasteiger partial charge in [-0.25, -0.2) is 4.39 Å². The van der Waals surface area contributed by atoms with Crippen LogP contribution in [0.3, 0.4) is 0 Å². The van der Waals surface area contributed by atoms with Gasteiger partial charge < -0.3 is 15.2 Å². The normalized spacial score (nSPS) is 10.4. The van der Waals surface area contributed by atoms with E-state index in [1.54, 1.807) is 6.07 Å². The van der Waals surface area contributed by atoms with E-state index < -0.39 is 5.82 Å². The quantitative estimate of drug-likeness (QED) is 0.913. The second-order valence-electron chi connectivity index (χ2n) is 3.49. The van der Waals surface area contributed by atoms with Crippen LogP contribution in [0.1, 0.15) is 0 Å². The zero-order chi connectivity index (χ0) is 13.3. The maximum absolute atomic E-state index is 13.8. The third-order valence-electron chi connectivity index (χ3n) is 2.43. The molecule has 0 atom stereocenters. The highest BCUT2D eigenvalue weighted by Crippen LogP contribution is 2.44. The molecule has 0 unspecified atom stereocenters. The summed E-state index contributed by atoms with van der Waals surface area (Å²) in [5.41, 5.74) is 6.55. The predicted molar refractivity (Wildman–Crippen MR) is 69.2 cm³/mol. The van der Waals surface area contributed by atoms with Crippen molar-refractivity contribution in [1.82, 2.24) is 10.2 Å². The number of halogens is 2. The van der Waals surface area contributed by atoms with E-state index in [9.17, 15) is 4.39 Å². The molecule has 1 aromatic carbocycles. The number of aromatic nitrogens is 2. The van der Waals surface area contributed by atoms with Crippen molar-refractivity contribution in [2.45, 2.75) is 0 Å². The molecule has 2 aromatic rings. The summed E-state index contributed by atoms with van der Waals surface area (Å²) < 4.78 is 24.4. The molecule has 0 radical (unpaired) electrons. The monoisotopic (exact) mass is 315 g/mol. The first-order valence-electron chi connectivity index (χ1n) is 4.99. The number of ether oxygens (including phenoxy) is 2. The molecule has 18 heavy (non-hydrogen) atoms. The Morgan fingerprint density at radius 1 is 1.33 bits per heavy atom. The Balaban J connectivity index is 2.74. The maximum atomic E-state index is 13.8. The summed E-state index contributed by atoms with van der Waals surface area (Å²) in [6.45, 7) is 0. The van der Waals surface area contributed by atoms with Crippen LogP contribution in [-0.4, -0.2) is 24.4 Å². The summed E-state index contributed by atoms with van der Waals surface area (Å²) in [5.74, 6) is 0.536. The molecule has 2 rings (SSSR count). The number of methoxy groups -OCH3 is 2. The number of hydrogen-bond acceptors (Lipinski definition) is 4. The van der Waals surface area contributed by atoms with Crippen LogP contribution in [0.2, 0.25) is 0 Å². The molecule has 7 heteroatoms. The number of nitrogens with two attached hydrogens (primary N) is 1. The van der Waals surface area contributed by atoms with Crippen LogP contribution in [0.25, 0.3) is 11.3 Å². The smallest absolute Gasteiger partial charge is 0.171 e. The first-order chi connectivity index (χ1) is 8.58. The summed E-state index contributed by atoms with van der Waals surface area (Å²) in [4.78, 5) is 0. The van der Waals surface area contributed by atoms with E-state index in [1.165, 1.54) is 20.3 Å². The molecule has 0 aliphatic heterocycles. The molecule has 0 aliphatic rings. The van der Waals surface area contributed by atoms with E-state index in [-0.39, 0.29) is 4.47 Å². The summed E-state index contributed by atoms with van der Waals surface area (Å²) in [6.07, 6.45) is 0. The molecular weight excluding hydrogens is 305 g/mol. The Kier molecular flexibility index (Phi) is 3.42. The Hall–Kier alpha value is -1.76. The standard InChI is InChI=1S/C11H11BrFN3O2/c1-17-7-3-5(13)10(12)9(11(7)18-2)6-4-8(14)16-15-6/h3-4H,1-2H3,(H3,14,15,16). The van der Waals surface area contributed by atoms with Gasteiger partial charge in [0.15, 0.2) is 11.5 Å². The highest BCUT2D eigenvalue weighted by molar-refractivity contribution is 9.10.